The average Bonchev–Trinajstić information content (AvgIpc) is 3.34. The highest BCUT2D eigenvalue weighted by Crippen LogP contribution is 2.29. The first-order valence-electron chi connectivity index (χ1n) is 10.0. The van der Waals surface area contributed by atoms with Crippen molar-refractivity contribution in [1.29, 1.82) is 0 Å². The second-order valence-electron chi connectivity index (χ2n) is 6.66. The second kappa shape index (κ2) is 11.5. The highest BCUT2D eigenvalue weighted by atomic mass is 35.5. The quantitative estimate of drug-likeness (QED) is 0.303. The monoisotopic (exact) mass is 512 g/mol. The van der Waals surface area contributed by atoms with Crippen LogP contribution in [0.3, 0.4) is 0 Å². The number of thiophene rings is 1. The van der Waals surface area contributed by atoms with Crippen LogP contribution in [0.1, 0.15) is 34.9 Å². The van der Waals surface area contributed by atoms with Crippen molar-refractivity contribution in [2.24, 2.45) is 0 Å². The lowest BCUT2D eigenvalue weighted by atomic mass is 10.3. The lowest BCUT2D eigenvalue weighted by molar-refractivity contribution is -0.113. The summed E-state index contributed by atoms with van der Waals surface area (Å²) in [5, 5.41) is 12.2. The Kier molecular flexibility index (Phi) is 8.70. The Morgan fingerprint density at radius 1 is 1.27 bits per heavy atom. The van der Waals surface area contributed by atoms with Gasteiger partial charge in [-0.3, -0.25) is 4.79 Å². The molecular formula is C21H22ClFN4O4S2. The van der Waals surface area contributed by atoms with Crippen LogP contribution in [0, 0.1) is 12.7 Å². The molecule has 3 rings (SSSR count). The van der Waals surface area contributed by atoms with Crippen molar-refractivity contribution in [3.8, 4) is 5.75 Å². The highest BCUT2D eigenvalue weighted by molar-refractivity contribution is 7.99. The molecule has 12 heteroatoms. The van der Waals surface area contributed by atoms with Gasteiger partial charge in [0.25, 0.3) is 0 Å². The van der Waals surface area contributed by atoms with Gasteiger partial charge < -0.3 is 19.4 Å². The van der Waals surface area contributed by atoms with Crippen molar-refractivity contribution in [1.82, 2.24) is 14.8 Å². The van der Waals surface area contributed by atoms with Crippen LogP contribution in [0.15, 0.2) is 29.4 Å². The van der Waals surface area contributed by atoms with Gasteiger partial charge in [0.2, 0.25) is 5.91 Å². The maximum atomic E-state index is 13.2. The minimum Gasteiger partial charge on any atom is -0.484 e. The summed E-state index contributed by atoms with van der Waals surface area (Å²) in [5.41, 5.74) is 0.341. The molecule has 33 heavy (non-hydrogen) atoms. The first-order chi connectivity index (χ1) is 15.8. The molecule has 0 saturated carbocycles. The number of benzene rings is 1. The number of amides is 1. The van der Waals surface area contributed by atoms with Crippen LogP contribution in [0.4, 0.5) is 9.39 Å². The molecule has 176 valence electrons. The van der Waals surface area contributed by atoms with Crippen molar-refractivity contribution in [3.63, 3.8) is 0 Å². The smallest absolute Gasteiger partial charge is 0.341 e. The molecule has 0 bridgehead atoms. The van der Waals surface area contributed by atoms with Crippen LogP contribution >= 0.6 is 34.7 Å². The molecule has 0 radical (unpaired) electrons. The van der Waals surface area contributed by atoms with Crippen LogP contribution in [-0.2, 0) is 22.7 Å². The number of anilines is 1. The molecule has 0 aliphatic rings. The molecule has 0 fully saturated rings. The van der Waals surface area contributed by atoms with Gasteiger partial charge in [-0.15, -0.1) is 21.5 Å². The highest BCUT2D eigenvalue weighted by Gasteiger charge is 2.19. The van der Waals surface area contributed by atoms with E-state index in [1.54, 1.807) is 13.0 Å². The lowest BCUT2D eigenvalue weighted by Crippen LogP contribution is -2.16. The normalized spacial score (nSPS) is 10.8. The lowest BCUT2D eigenvalue weighted by Gasteiger charge is -2.10. The molecule has 1 N–H and O–H groups in total. The van der Waals surface area contributed by atoms with Gasteiger partial charge in [0, 0.05) is 11.4 Å². The fourth-order valence-corrected chi connectivity index (χ4v) is 4.80. The Morgan fingerprint density at radius 3 is 2.76 bits per heavy atom. The number of carbonyl (C=O) groups excluding carboxylic acids is 2. The van der Waals surface area contributed by atoms with Crippen LogP contribution in [0.25, 0.3) is 0 Å². The Morgan fingerprint density at radius 2 is 2.06 bits per heavy atom. The molecule has 0 spiro atoms. The summed E-state index contributed by atoms with van der Waals surface area (Å²) in [6.07, 6.45) is 0. The zero-order chi connectivity index (χ0) is 24.0. The van der Waals surface area contributed by atoms with E-state index in [0.717, 1.165) is 4.88 Å². The van der Waals surface area contributed by atoms with E-state index < -0.39 is 11.8 Å². The van der Waals surface area contributed by atoms with Gasteiger partial charge in [-0.25, -0.2) is 9.18 Å². The number of hydrogen-bond donors (Lipinski definition) is 1. The maximum Gasteiger partial charge on any atom is 0.341 e. The van der Waals surface area contributed by atoms with Gasteiger partial charge in [-0.05, 0) is 45.0 Å². The standard InChI is InChI=1S/C21H22ClFN4O4S2/c1-4-27-17(10-31-16-7-6-13(23)9-15(16)22)25-26-21(27)32-11-18(28)24-19-14(8-12(3)33-19)20(29)30-5-2/h6-9H,4-5,10-11H2,1-3H3,(H,24,28). The molecule has 2 aromatic heterocycles. The number of nitrogens with one attached hydrogen (secondary N) is 1. The fourth-order valence-electron chi connectivity index (χ4n) is 2.85. The molecule has 0 aliphatic heterocycles. The largest absolute Gasteiger partial charge is 0.484 e. The molecule has 1 aromatic carbocycles. The number of thioether (sulfide) groups is 1. The summed E-state index contributed by atoms with van der Waals surface area (Å²) in [4.78, 5) is 25.5. The number of aromatic nitrogens is 3. The molecule has 1 amide bonds. The van der Waals surface area contributed by atoms with Crippen LogP contribution in [0.5, 0.6) is 5.75 Å². The van der Waals surface area contributed by atoms with Gasteiger partial charge in [0.15, 0.2) is 11.0 Å². The third-order valence-electron chi connectivity index (χ3n) is 4.30. The number of halogens is 2. The van der Waals surface area contributed by atoms with Crippen molar-refractivity contribution in [3.05, 3.63) is 51.4 Å². The van der Waals surface area contributed by atoms with Crippen molar-refractivity contribution < 1.29 is 23.5 Å². The predicted octanol–water partition coefficient (Wildman–Crippen LogP) is 4.95. The van der Waals surface area contributed by atoms with Crippen LogP contribution in [-0.4, -0.2) is 39.0 Å². The van der Waals surface area contributed by atoms with Gasteiger partial charge in [-0.2, -0.15) is 0 Å². The summed E-state index contributed by atoms with van der Waals surface area (Å²) in [6, 6.07) is 5.57. The van der Waals surface area contributed by atoms with Gasteiger partial charge >= 0.3 is 5.97 Å². The van der Waals surface area contributed by atoms with Crippen molar-refractivity contribution >= 4 is 51.6 Å². The zero-order valence-electron chi connectivity index (χ0n) is 18.2. The fraction of sp³-hybridized carbons (Fsp3) is 0.333. The minimum absolute atomic E-state index is 0.0714. The third-order valence-corrected chi connectivity index (χ3v) is 6.52. The van der Waals surface area contributed by atoms with Crippen molar-refractivity contribution in [2.45, 2.75) is 39.1 Å². The summed E-state index contributed by atoms with van der Waals surface area (Å²) in [7, 11) is 0. The van der Waals surface area contributed by atoms with E-state index in [0.29, 0.717) is 33.8 Å². The topological polar surface area (TPSA) is 95.3 Å². The molecule has 0 aliphatic carbocycles. The number of hydrogen-bond acceptors (Lipinski definition) is 8. The van der Waals surface area contributed by atoms with E-state index in [2.05, 4.69) is 15.5 Å². The summed E-state index contributed by atoms with van der Waals surface area (Å²) in [5.74, 6) is -0.258. The zero-order valence-corrected chi connectivity index (χ0v) is 20.6. The Balaban J connectivity index is 1.61. The number of carbonyl (C=O) groups is 2. The third kappa shape index (κ3) is 6.46. The molecule has 0 unspecified atom stereocenters. The first kappa shape index (κ1) is 25.0. The van der Waals surface area contributed by atoms with Crippen molar-refractivity contribution in [2.75, 3.05) is 17.7 Å². The summed E-state index contributed by atoms with van der Waals surface area (Å²) < 4.78 is 25.7. The van der Waals surface area contributed by atoms with E-state index in [1.165, 1.54) is 41.3 Å². The summed E-state index contributed by atoms with van der Waals surface area (Å²) >= 11 is 8.51. The van der Waals surface area contributed by atoms with E-state index in [1.807, 2.05) is 18.4 Å². The van der Waals surface area contributed by atoms with Crippen LogP contribution in [0.2, 0.25) is 5.02 Å². The van der Waals surface area contributed by atoms with Gasteiger partial charge in [-0.1, -0.05) is 23.4 Å². The van der Waals surface area contributed by atoms with E-state index >= 15 is 0 Å². The number of esters is 1. The molecule has 0 atom stereocenters. The molecule has 0 saturated heterocycles. The minimum atomic E-state index is -0.471. The summed E-state index contributed by atoms with van der Waals surface area (Å²) in [6.45, 7) is 6.39. The Hall–Kier alpha value is -2.63. The number of ether oxygens (including phenoxy) is 2. The van der Waals surface area contributed by atoms with Gasteiger partial charge in [0.05, 0.1) is 22.9 Å². The number of aryl methyl sites for hydroxylation is 1. The van der Waals surface area contributed by atoms with E-state index in [4.69, 9.17) is 21.1 Å². The molecule has 8 nitrogen and oxygen atoms in total. The van der Waals surface area contributed by atoms with E-state index in [9.17, 15) is 14.0 Å². The SMILES string of the molecule is CCOC(=O)c1cc(C)sc1NC(=O)CSc1nnc(COc2ccc(F)cc2Cl)n1CC. The molecule has 2 heterocycles. The molecule has 3 aromatic rings. The predicted molar refractivity (Wildman–Crippen MR) is 126 cm³/mol. The Labute approximate surface area is 203 Å². The second-order valence-corrected chi connectivity index (χ2v) is 9.27. The number of rotatable bonds is 10. The molecular weight excluding hydrogens is 491 g/mol. The Bertz CT molecular complexity index is 1150. The first-order valence-corrected chi connectivity index (χ1v) is 12.2. The van der Waals surface area contributed by atoms with E-state index in [-0.39, 0.29) is 29.9 Å². The average molecular weight is 513 g/mol. The number of nitrogens with zero attached hydrogens (tertiary/aromatic N) is 3. The maximum absolute atomic E-state index is 13.2. The van der Waals surface area contributed by atoms with Gasteiger partial charge in [0.1, 0.15) is 23.2 Å². The van der Waals surface area contributed by atoms with Crippen LogP contribution < -0.4 is 10.1 Å².